The van der Waals surface area contributed by atoms with Crippen LogP contribution in [-0.4, -0.2) is 64.9 Å². The van der Waals surface area contributed by atoms with Crippen LogP contribution in [0.5, 0.6) is 0 Å². The maximum atomic E-state index is 13.1. The van der Waals surface area contributed by atoms with E-state index in [2.05, 4.69) is 51.0 Å². The average molecular weight is 394 g/mol. The van der Waals surface area contributed by atoms with Gasteiger partial charge in [0.1, 0.15) is 17.3 Å². The second kappa shape index (κ2) is 8.91. The maximum absolute atomic E-state index is 13.1. The van der Waals surface area contributed by atoms with E-state index >= 15 is 0 Å². The highest BCUT2D eigenvalue weighted by molar-refractivity contribution is 5.93. The van der Waals surface area contributed by atoms with E-state index in [9.17, 15) is 4.79 Å². The summed E-state index contributed by atoms with van der Waals surface area (Å²) in [7, 11) is 0. The van der Waals surface area contributed by atoms with E-state index in [4.69, 9.17) is 0 Å². The predicted octanol–water partition coefficient (Wildman–Crippen LogP) is 2.98. The number of anilines is 1. The van der Waals surface area contributed by atoms with Crippen molar-refractivity contribution < 1.29 is 4.79 Å². The van der Waals surface area contributed by atoms with E-state index in [0.29, 0.717) is 17.4 Å². The van der Waals surface area contributed by atoms with Crippen LogP contribution in [0, 0.1) is 12.8 Å². The van der Waals surface area contributed by atoms with Crippen LogP contribution in [0.1, 0.15) is 41.6 Å². The zero-order valence-corrected chi connectivity index (χ0v) is 17.5. The first-order chi connectivity index (χ1) is 14.1. The summed E-state index contributed by atoms with van der Waals surface area (Å²) in [5.74, 6) is 2.26. The molecule has 1 atom stereocenters. The summed E-state index contributed by atoms with van der Waals surface area (Å²) >= 11 is 0. The molecule has 2 aromatic rings. The number of aromatic nitrogens is 2. The SMILES string of the molecule is Cc1nc(C(=O)N2CCN(Cc3ccccc3)CC2)cc(N2CCCC(C)C2)n1. The largest absolute Gasteiger partial charge is 0.356 e. The van der Waals surface area contributed by atoms with Gasteiger partial charge in [-0.2, -0.15) is 0 Å². The Bertz CT molecular complexity index is 832. The van der Waals surface area contributed by atoms with E-state index in [0.717, 1.165) is 51.6 Å². The van der Waals surface area contributed by atoms with Crippen molar-refractivity contribution in [2.75, 3.05) is 44.2 Å². The number of amides is 1. The molecule has 0 N–H and O–H groups in total. The van der Waals surface area contributed by atoms with E-state index in [1.165, 1.54) is 18.4 Å². The summed E-state index contributed by atoms with van der Waals surface area (Å²) in [5.41, 5.74) is 1.85. The first-order valence-electron chi connectivity index (χ1n) is 10.7. The van der Waals surface area contributed by atoms with Gasteiger partial charge in [-0.1, -0.05) is 37.3 Å². The van der Waals surface area contributed by atoms with Gasteiger partial charge in [0.2, 0.25) is 0 Å². The Hall–Kier alpha value is -2.47. The standard InChI is InChI=1S/C23H31N5O/c1-18-7-6-10-28(16-18)22-15-21(24-19(2)25-22)23(29)27-13-11-26(12-14-27)17-20-8-4-3-5-9-20/h3-5,8-9,15,18H,6-7,10-14,16-17H2,1-2H3. The Morgan fingerprint density at radius 2 is 1.83 bits per heavy atom. The van der Waals surface area contributed by atoms with Crippen molar-refractivity contribution in [2.45, 2.75) is 33.2 Å². The minimum atomic E-state index is 0.0289. The highest BCUT2D eigenvalue weighted by Gasteiger charge is 2.25. The predicted molar refractivity (Wildman–Crippen MR) is 115 cm³/mol. The molecule has 1 aromatic carbocycles. The number of carbonyl (C=O) groups excluding carboxylic acids is 1. The summed E-state index contributed by atoms with van der Waals surface area (Å²) in [6.07, 6.45) is 2.44. The van der Waals surface area contributed by atoms with Crippen LogP contribution in [0.2, 0.25) is 0 Å². The smallest absolute Gasteiger partial charge is 0.272 e. The van der Waals surface area contributed by atoms with Crippen molar-refractivity contribution >= 4 is 11.7 Å². The van der Waals surface area contributed by atoms with Crippen LogP contribution in [0.4, 0.5) is 5.82 Å². The van der Waals surface area contributed by atoms with Crippen LogP contribution in [0.25, 0.3) is 0 Å². The van der Waals surface area contributed by atoms with Crippen molar-refractivity contribution in [3.63, 3.8) is 0 Å². The van der Waals surface area contributed by atoms with E-state index < -0.39 is 0 Å². The van der Waals surface area contributed by atoms with Gasteiger partial charge in [0.05, 0.1) is 0 Å². The van der Waals surface area contributed by atoms with Crippen LogP contribution in [0.15, 0.2) is 36.4 Å². The maximum Gasteiger partial charge on any atom is 0.272 e. The molecule has 1 unspecified atom stereocenters. The van der Waals surface area contributed by atoms with Gasteiger partial charge in [-0.15, -0.1) is 0 Å². The zero-order valence-electron chi connectivity index (χ0n) is 17.5. The molecule has 2 saturated heterocycles. The normalized spacial score (nSPS) is 20.7. The van der Waals surface area contributed by atoms with Crippen molar-refractivity contribution in [1.29, 1.82) is 0 Å². The fourth-order valence-electron chi connectivity index (χ4n) is 4.33. The number of benzene rings is 1. The molecule has 154 valence electrons. The fraction of sp³-hybridized carbons (Fsp3) is 0.522. The highest BCUT2D eigenvalue weighted by atomic mass is 16.2. The third-order valence-electron chi connectivity index (χ3n) is 5.93. The molecule has 6 nitrogen and oxygen atoms in total. The molecule has 0 radical (unpaired) electrons. The van der Waals surface area contributed by atoms with Crippen molar-refractivity contribution in [3.8, 4) is 0 Å². The Kier molecular flexibility index (Phi) is 6.09. The van der Waals surface area contributed by atoms with Crippen molar-refractivity contribution in [2.24, 2.45) is 5.92 Å². The van der Waals surface area contributed by atoms with Crippen molar-refractivity contribution in [3.05, 3.63) is 53.5 Å². The number of hydrogen-bond acceptors (Lipinski definition) is 5. The van der Waals surface area contributed by atoms with Gasteiger partial charge in [-0.05, 0) is 31.2 Å². The summed E-state index contributed by atoms with van der Waals surface area (Å²) in [6, 6.07) is 12.4. The molecule has 2 fully saturated rings. The first kappa shape index (κ1) is 19.8. The molecule has 0 saturated carbocycles. The molecule has 0 bridgehead atoms. The Balaban J connectivity index is 1.39. The summed E-state index contributed by atoms with van der Waals surface area (Å²) in [4.78, 5) is 28.8. The van der Waals surface area contributed by atoms with Gasteiger partial charge in [-0.3, -0.25) is 9.69 Å². The molecule has 2 aliphatic heterocycles. The molecule has 2 aliphatic rings. The number of nitrogens with zero attached hydrogens (tertiary/aromatic N) is 5. The summed E-state index contributed by atoms with van der Waals surface area (Å²) in [5, 5.41) is 0. The second-order valence-electron chi connectivity index (χ2n) is 8.41. The molecule has 3 heterocycles. The minimum Gasteiger partial charge on any atom is -0.356 e. The van der Waals surface area contributed by atoms with Gasteiger partial charge in [0.25, 0.3) is 5.91 Å². The first-order valence-corrected chi connectivity index (χ1v) is 10.7. The Morgan fingerprint density at radius 1 is 1.07 bits per heavy atom. The summed E-state index contributed by atoms with van der Waals surface area (Å²) in [6.45, 7) is 10.4. The number of carbonyl (C=O) groups is 1. The molecular weight excluding hydrogens is 362 g/mol. The van der Waals surface area contributed by atoms with Crippen LogP contribution in [-0.2, 0) is 6.54 Å². The van der Waals surface area contributed by atoms with Gasteiger partial charge in [0.15, 0.2) is 0 Å². The average Bonchev–Trinajstić information content (AvgIpc) is 2.74. The lowest BCUT2D eigenvalue weighted by Crippen LogP contribution is -2.48. The Labute approximate surface area is 173 Å². The minimum absolute atomic E-state index is 0.0289. The monoisotopic (exact) mass is 393 g/mol. The number of rotatable bonds is 4. The van der Waals surface area contributed by atoms with E-state index in [-0.39, 0.29) is 5.91 Å². The number of piperazine rings is 1. The number of hydrogen-bond donors (Lipinski definition) is 0. The lowest BCUT2D eigenvalue weighted by Gasteiger charge is -2.35. The molecule has 4 rings (SSSR count). The van der Waals surface area contributed by atoms with Gasteiger partial charge < -0.3 is 9.80 Å². The van der Waals surface area contributed by atoms with E-state index in [1.54, 1.807) is 0 Å². The quantitative estimate of drug-likeness (QED) is 0.799. The second-order valence-corrected chi connectivity index (χ2v) is 8.41. The van der Waals surface area contributed by atoms with Gasteiger partial charge in [-0.25, -0.2) is 9.97 Å². The van der Waals surface area contributed by atoms with E-state index in [1.807, 2.05) is 24.0 Å². The summed E-state index contributed by atoms with van der Waals surface area (Å²) < 4.78 is 0. The number of piperidine rings is 1. The molecular formula is C23H31N5O. The molecule has 6 heteroatoms. The third-order valence-corrected chi connectivity index (χ3v) is 5.93. The fourth-order valence-corrected chi connectivity index (χ4v) is 4.33. The van der Waals surface area contributed by atoms with Gasteiger partial charge in [0, 0.05) is 51.9 Å². The van der Waals surface area contributed by atoms with Crippen LogP contribution >= 0.6 is 0 Å². The third kappa shape index (κ3) is 4.93. The van der Waals surface area contributed by atoms with Crippen LogP contribution in [0.3, 0.4) is 0 Å². The topological polar surface area (TPSA) is 52.6 Å². The molecule has 0 spiro atoms. The molecule has 1 aromatic heterocycles. The molecule has 1 amide bonds. The lowest BCUT2D eigenvalue weighted by molar-refractivity contribution is 0.0622. The molecule has 0 aliphatic carbocycles. The zero-order chi connectivity index (χ0) is 20.2. The van der Waals surface area contributed by atoms with Crippen molar-refractivity contribution in [1.82, 2.24) is 19.8 Å². The van der Waals surface area contributed by atoms with Gasteiger partial charge >= 0.3 is 0 Å². The Morgan fingerprint density at radius 3 is 2.55 bits per heavy atom. The number of aryl methyl sites for hydroxylation is 1. The highest BCUT2D eigenvalue weighted by Crippen LogP contribution is 2.22. The lowest BCUT2D eigenvalue weighted by atomic mass is 10.0. The molecule has 29 heavy (non-hydrogen) atoms. The van der Waals surface area contributed by atoms with Crippen LogP contribution < -0.4 is 4.90 Å².